The first-order valence-corrected chi connectivity index (χ1v) is 5.09. The van der Waals surface area contributed by atoms with Crippen molar-refractivity contribution >= 4 is 16.9 Å². The average molecular weight is 202 g/mol. The standard InChI is InChI=1S/C10H18O2S/c1-7(2)8(11)6-9(12)13-10(3,4)5/h8,11H,1,6H2,2-5H3/t8-/m1/s1. The molecule has 0 aliphatic rings. The molecule has 0 radical (unpaired) electrons. The van der Waals surface area contributed by atoms with Gasteiger partial charge in [-0.3, -0.25) is 4.79 Å². The first-order chi connectivity index (χ1) is 5.72. The fourth-order valence-corrected chi connectivity index (χ4v) is 1.64. The van der Waals surface area contributed by atoms with Crippen molar-refractivity contribution in [1.82, 2.24) is 0 Å². The highest BCUT2D eigenvalue weighted by molar-refractivity contribution is 8.14. The van der Waals surface area contributed by atoms with Gasteiger partial charge in [0.05, 0.1) is 6.10 Å². The summed E-state index contributed by atoms with van der Waals surface area (Å²) in [6, 6.07) is 0. The fourth-order valence-electron chi connectivity index (χ4n) is 0.715. The number of aliphatic hydroxyl groups is 1. The summed E-state index contributed by atoms with van der Waals surface area (Å²) in [4.78, 5) is 11.3. The molecule has 0 unspecified atom stereocenters. The molecule has 0 aliphatic carbocycles. The minimum absolute atomic E-state index is 0.0167. The molecule has 0 aromatic heterocycles. The second-order valence-electron chi connectivity index (χ2n) is 4.15. The van der Waals surface area contributed by atoms with Crippen molar-refractivity contribution in [3.63, 3.8) is 0 Å². The number of carbonyl (C=O) groups is 1. The Morgan fingerprint density at radius 3 is 2.31 bits per heavy atom. The first-order valence-electron chi connectivity index (χ1n) is 4.27. The van der Waals surface area contributed by atoms with Crippen LogP contribution >= 0.6 is 11.8 Å². The van der Waals surface area contributed by atoms with Crippen LogP contribution in [0.15, 0.2) is 12.2 Å². The second-order valence-corrected chi connectivity index (χ2v) is 6.04. The second kappa shape index (κ2) is 4.82. The van der Waals surface area contributed by atoms with E-state index in [0.29, 0.717) is 5.57 Å². The van der Waals surface area contributed by atoms with E-state index in [4.69, 9.17) is 0 Å². The van der Waals surface area contributed by atoms with Gasteiger partial charge in [-0.15, -0.1) is 0 Å². The van der Waals surface area contributed by atoms with E-state index in [2.05, 4.69) is 6.58 Å². The van der Waals surface area contributed by atoms with Gasteiger partial charge in [-0.25, -0.2) is 0 Å². The molecule has 0 rings (SSSR count). The van der Waals surface area contributed by atoms with E-state index in [-0.39, 0.29) is 16.3 Å². The summed E-state index contributed by atoms with van der Waals surface area (Å²) in [5.74, 6) is 0. The van der Waals surface area contributed by atoms with E-state index >= 15 is 0 Å². The number of thioether (sulfide) groups is 1. The van der Waals surface area contributed by atoms with Gasteiger partial charge in [0.1, 0.15) is 0 Å². The fraction of sp³-hybridized carbons (Fsp3) is 0.700. The smallest absolute Gasteiger partial charge is 0.192 e. The third-order valence-corrected chi connectivity index (χ3v) is 2.36. The Kier molecular flexibility index (Phi) is 4.71. The molecule has 76 valence electrons. The molecule has 0 aromatic carbocycles. The summed E-state index contributed by atoms with van der Waals surface area (Å²) in [7, 11) is 0. The van der Waals surface area contributed by atoms with Crippen LogP contribution < -0.4 is 0 Å². The third kappa shape index (κ3) is 6.84. The van der Waals surface area contributed by atoms with Gasteiger partial charge in [0.15, 0.2) is 5.12 Å². The molecule has 2 nitrogen and oxygen atoms in total. The van der Waals surface area contributed by atoms with Crippen molar-refractivity contribution in [2.45, 2.75) is 45.0 Å². The Morgan fingerprint density at radius 1 is 1.54 bits per heavy atom. The molecule has 0 fully saturated rings. The summed E-state index contributed by atoms with van der Waals surface area (Å²) in [6.45, 7) is 11.2. The predicted octanol–water partition coefficient (Wildman–Crippen LogP) is 2.37. The van der Waals surface area contributed by atoms with Gasteiger partial charge >= 0.3 is 0 Å². The summed E-state index contributed by atoms with van der Waals surface area (Å²) < 4.78 is -0.0775. The Morgan fingerprint density at radius 2 is 2.00 bits per heavy atom. The monoisotopic (exact) mass is 202 g/mol. The molecule has 0 spiro atoms. The number of carbonyl (C=O) groups excluding carboxylic acids is 1. The van der Waals surface area contributed by atoms with Gasteiger partial charge in [0.25, 0.3) is 0 Å². The van der Waals surface area contributed by atoms with Crippen LogP contribution in [-0.4, -0.2) is 21.1 Å². The zero-order valence-corrected chi connectivity index (χ0v) is 9.57. The van der Waals surface area contributed by atoms with Crippen molar-refractivity contribution in [3.05, 3.63) is 12.2 Å². The Balaban J connectivity index is 3.96. The molecular formula is C10H18O2S. The lowest BCUT2D eigenvalue weighted by Gasteiger charge is -2.17. The van der Waals surface area contributed by atoms with E-state index in [1.807, 2.05) is 20.8 Å². The number of aliphatic hydroxyl groups excluding tert-OH is 1. The van der Waals surface area contributed by atoms with Crippen molar-refractivity contribution in [2.75, 3.05) is 0 Å². The number of hydrogen-bond donors (Lipinski definition) is 1. The van der Waals surface area contributed by atoms with Crippen LogP contribution in [0.4, 0.5) is 0 Å². The van der Waals surface area contributed by atoms with Gasteiger partial charge < -0.3 is 5.11 Å². The van der Waals surface area contributed by atoms with E-state index in [1.54, 1.807) is 6.92 Å². The van der Waals surface area contributed by atoms with Crippen LogP contribution in [0, 0.1) is 0 Å². The topological polar surface area (TPSA) is 37.3 Å². The third-order valence-electron chi connectivity index (χ3n) is 1.35. The predicted molar refractivity (Wildman–Crippen MR) is 57.8 cm³/mol. The first kappa shape index (κ1) is 12.7. The molecule has 1 N–H and O–H groups in total. The summed E-state index contributed by atoms with van der Waals surface area (Å²) >= 11 is 1.26. The van der Waals surface area contributed by atoms with Crippen LogP contribution in [0.25, 0.3) is 0 Å². The highest BCUT2D eigenvalue weighted by Gasteiger charge is 2.19. The van der Waals surface area contributed by atoms with E-state index in [9.17, 15) is 9.90 Å². The van der Waals surface area contributed by atoms with Gasteiger partial charge in [0, 0.05) is 11.2 Å². The molecular weight excluding hydrogens is 184 g/mol. The van der Waals surface area contributed by atoms with Gasteiger partial charge in [-0.1, -0.05) is 44.7 Å². The Bertz CT molecular complexity index is 203. The maximum absolute atomic E-state index is 11.3. The van der Waals surface area contributed by atoms with Crippen LogP contribution in [0.2, 0.25) is 0 Å². The lowest BCUT2D eigenvalue weighted by Crippen LogP contribution is -2.17. The van der Waals surface area contributed by atoms with Crippen molar-refractivity contribution in [2.24, 2.45) is 0 Å². The zero-order valence-electron chi connectivity index (χ0n) is 8.76. The van der Waals surface area contributed by atoms with E-state index in [0.717, 1.165) is 0 Å². The quantitative estimate of drug-likeness (QED) is 0.714. The maximum Gasteiger partial charge on any atom is 0.192 e. The highest BCUT2D eigenvalue weighted by Crippen LogP contribution is 2.26. The summed E-state index contributed by atoms with van der Waals surface area (Å²) in [6.07, 6.45) is -0.528. The molecule has 0 saturated carbocycles. The zero-order chi connectivity index (χ0) is 10.6. The molecule has 0 bridgehead atoms. The molecule has 0 saturated heterocycles. The average Bonchev–Trinajstić information content (AvgIpc) is 1.81. The number of hydrogen-bond acceptors (Lipinski definition) is 3. The molecule has 0 aliphatic heterocycles. The molecule has 13 heavy (non-hydrogen) atoms. The minimum Gasteiger partial charge on any atom is -0.388 e. The Labute approximate surface area is 84.4 Å². The Hall–Kier alpha value is -0.280. The van der Waals surface area contributed by atoms with Gasteiger partial charge in [-0.05, 0) is 6.92 Å². The molecule has 1 atom stereocenters. The maximum atomic E-state index is 11.3. The lowest BCUT2D eigenvalue weighted by atomic mass is 10.1. The van der Waals surface area contributed by atoms with E-state index < -0.39 is 6.10 Å². The summed E-state index contributed by atoms with van der Waals surface area (Å²) in [5.41, 5.74) is 0.642. The highest BCUT2D eigenvalue weighted by atomic mass is 32.2. The number of rotatable bonds is 3. The molecule has 0 aromatic rings. The van der Waals surface area contributed by atoms with Crippen molar-refractivity contribution < 1.29 is 9.90 Å². The SMILES string of the molecule is C=C(C)[C@H](O)CC(=O)SC(C)(C)C. The van der Waals surface area contributed by atoms with Crippen molar-refractivity contribution in [1.29, 1.82) is 0 Å². The molecule has 3 heteroatoms. The molecule has 0 amide bonds. The van der Waals surface area contributed by atoms with Crippen LogP contribution in [0.3, 0.4) is 0 Å². The van der Waals surface area contributed by atoms with E-state index in [1.165, 1.54) is 11.8 Å². The normalized spacial score (nSPS) is 13.9. The van der Waals surface area contributed by atoms with Crippen LogP contribution in [-0.2, 0) is 4.79 Å². The molecule has 0 heterocycles. The largest absolute Gasteiger partial charge is 0.388 e. The van der Waals surface area contributed by atoms with Crippen molar-refractivity contribution in [3.8, 4) is 0 Å². The lowest BCUT2D eigenvalue weighted by molar-refractivity contribution is -0.112. The van der Waals surface area contributed by atoms with Gasteiger partial charge in [0.2, 0.25) is 0 Å². The van der Waals surface area contributed by atoms with Gasteiger partial charge in [-0.2, -0.15) is 0 Å². The summed E-state index contributed by atoms with van der Waals surface area (Å²) in [5, 5.41) is 9.38. The van der Waals surface area contributed by atoms with Crippen LogP contribution in [0.1, 0.15) is 34.1 Å². The van der Waals surface area contributed by atoms with Crippen LogP contribution in [0.5, 0.6) is 0 Å². The minimum atomic E-state index is -0.692.